The summed E-state index contributed by atoms with van der Waals surface area (Å²) in [5.74, 6) is 0. The van der Waals surface area contributed by atoms with E-state index in [1.807, 2.05) is 0 Å². The summed E-state index contributed by atoms with van der Waals surface area (Å²) in [6, 6.07) is 3.22. The van der Waals surface area contributed by atoms with Crippen LogP contribution >= 0.6 is 11.6 Å². The van der Waals surface area contributed by atoms with Crippen LogP contribution in [0.2, 0.25) is 5.02 Å². The standard InChI is InChI=1S/C10H14ClN3O4S/c1-7(6-12)13(2)19(17,18)10-8(11)4-3-5-9(10)14(15)16/h3-5,7H,6,12H2,1-2H3. The zero-order valence-electron chi connectivity index (χ0n) is 10.4. The van der Waals surface area contributed by atoms with E-state index in [2.05, 4.69) is 0 Å². The van der Waals surface area contributed by atoms with Crippen molar-refractivity contribution in [1.29, 1.82) is 0 Å². The molecule has 0 saturated carbocycles. The molecule has 0 bridgehead atoms. The summed E-state index contributed by atoms with van der Waals surface area (Å²) in [5, 5.41) is 10.7. The fourth-order valence-corrected chi connectivity index (χ4v) is 3.46. The van der Waals surface area contributed by atoms with E-state index >= 15 is 0 Å². The maximum absolute atomic E-state index is 12.4. The van der Waals surface area contributed by atoms with Crippen LogP contribution in [0.25, 0.3) is 0 Å². The molecule has 9 heteroatoms. The van der Waals surface area contributed by atoms with E-state index in [4.69, 9.17) is 17.3 Å². The van der Waals surface area contributed by atoms with Crippen molar-refractivity contribution in [2.24, 2.45) is 5.73 Å². The molecule has 0 heterocycles. The number of nitrogens with zero attached hydrogens (tertiary/aromatic N) is 2. The monoisotopic (exact) mass is 307 g/mol. The van der Waals surface area contributed by atoms with Crippen molar-refractivity contribution in [3.05, 3.63) is 33.3 Å². The van der Waals surface area contributed by atoms with Crippen molar-refractivity contribution in [1.82, 2.24) is 4.31 Å². The summed E-state index contributed by atoms with van der Waals surface area (Å²) in [7, 11) is -2.77. The summed E-state index contributed by atoms with van der Waals surface area (Å²) in [6.07, 6.45) is 0. The molecule has 0 aliphatic heterocycles. The van der Waals surface area contributed by atoms with Crippen LogP contribution in [0, 0.1) is 10.1 Å². The highest BCUT2D eigenvalue weighted by Gasteiger charge is 2.33. The Morgan fingerprint density at radius 1 is 1.53 bits per heavy atom. The average molecular weight is 308 g/mol. The van der Waals surface area contributed by atoms with Gasteiger partial charge in [-0.3, -0.25) is 10.1 Å². The first-order valence-electron chi connectivity index (χ1n) is 5.34. The van der Waals surface area contributed by atoms with Gasteiger partial charge in [0.2, 0.25) is 0 Å². The first-order chi connectivity index (χ1) is 8.73. The molecule has 1 aromatic rings. The Balaban J connectivity index is 3.49. The van der Waals surface area contributed by atoms with Gasteiger partial charge in [-0.25, -0.2) is 8.42 Å². The predicted octanol–water partition coefficient (Wildman–Crippen LogP) is 1.22. The van der Waals surface area contributed by atoms with Crippen molar-refractivity contribution < 1.29 is 13.3 Å². The highest BCUT2D eigenvalue weighted by Crippen LogP contribution is 2.33. The molecule has 0 radical (unpaired) electrons. The predicted molar refractivity (Wildman–Crippen MR) is 71.6 cm³/mol. The summed E-state index contributed by atoms with van der Waals surface area (Å²) >= 11 is 5.81. The Hall–Kier alpha value is -1.22. The number of hydrogen-bond acceptors (Lipinski definition) is 5. The first-order valence-corrected chi connectivity index (χ1v) is 7.16. The summed E-state index contributed by atoms with van der Waals surface area (Å²) < 4.78 is 25.7. The molecular weight excluding hydrogens is 294 g/mol. The lowest BCUT2D eigenvalue weighted by Crippen LogP contribution is -2.39. The fraction of sp³-hybridized carbons (Fsp3) is 0.400. The lowest BCUT2D eigenvalue weighted by molar-refractivity contribution is -0.387. The van der Waals surface area contributed by atoms with Crippen molar-refractivity contribution in [2.75, 3.05) is 13.6 Å². The van der Waals surface area contributed by atoms with E-state index in [0.717, 1.165) is 10.4 Å². The largest absolute Gasteiger partial charge is 0.329 e. The second-order valence-electron chi connectivity index (χ2n) is 3.95. The van der Waals surface area contributed by atoms with Gasteiger partial charge < -0.3 is 5.73 Å². The highest BCUT2D eigenvalue weighted by atomic mass is 35.5. The van der Waals surface area contributed by atoms with Crippen molar-refractivity contribution in [3.8, 4) is 0 Å². The van der Waals surface area contributed by atoms with Gasteiger partial charge in [-0.05, 0) is 13.0 Å². The molecule has 106 valence electrons. The summed E-state index contributed by atoms with van der Waals surface area (Å²) in [6.45, 7) is 1.69. The minimum atomic E-state index is -4.08. The van der Waals surface area contributed by atoms with Gasteiger partial charge in [0.15, 0.2) is 4.90 Å². The average Bonchev–Trinajstić information content (AvgIpc) is 2.36. The lowest BCUT2D eigenvalue weighted by atomic mass is 10.3. The molecule has 0 fully saturated rings. The fourth-order valence-electron chi connectivity index (χ4n) is 1.43. The van der Waals surface area contributed by atoms with Crippen LogP contribution in [0.1, 0.15) is 6.92 Å². The Kier molecular flexibility index (Phi) is 4.86. The SMILES string of the molecule is CC(CN)N(C)S(=O)(=O)c1c(Cl)cccc1[N+](=O)[O-]. The van der Waals surface area contributed by atoms with E-state index in [1.54, 1.807) is 6.92 Å². The molecule has 1 aromatic carbocycles. The molecule has 0 aliphatic carbocycles. The van der Waals surface area contributed by atoms with Gasteiger partial charge in [-0.2, -0.15) is 4.31 Å². The third kappa shape index (κ3) is 3.03. The smallest absolute Gasteiger partial charge is 0.290 e. The Labute approximate surface area is 116 Å². The van der Waals surface area contributed by atoms with Crippen LogP contribution in [0.15, 0.2) is 23.1 Å². The maximum atomic E-state index is 12.4. The Bertz CT molecular complexity index is 590. The quantitative estimate of drug-likeness (QED) is 0.650. The molecule has 1 atom stereocenters. The lowest BCUT2D eigenvalue weighted by Gasteiger charge is -2.23. The number of nitro benzene ring substituents is 1. The number of benzene rings is 1. The maximum Gasteiger partial charge on any atom is 0.290 e. The topological polar surface area (TPSA) is 107 Å². The van der Waals surface area contributed by atoms with E-state index in [0.29, 0.717) is 0 Å². The molecule has 0 saturated heterocycles. The zero-order valence-corrected chi connectivity index (χ0v) is 12.0. The summed E-state index contributed by atoms with van der Waals surface area (Å²) in [5.41, 5.74) is 4.86. The second kappa shape index (κ2) is 5.83. The highest BCUT2D eigenvalue weighted by molar-refractivity contribution is 7.89. The molecule has 2 N–H and O–H groups in total. The summed E-state index contributed by atoms with van der Waals surface area (Å²) in [4.78, 5) is 9.63. The van der Waals surface area contributed by atoms with Crippen LogP contribution in [0.4, 0.5) is 5.69 Å². The zero-order chi connectivity index (χ0) is 14.8. The van der Waals surface area contributed by atoms with Crippen LogP contribution < -0.4 is 5.73 Å². The van der Waals surface area contributed by atoms with Gasteiger partial charge in [-0.15, -0.1) is 0 Å². The Morgan fingerprint density at radius 3 is 2.58 bits per heavy atom. The van der Waals surface area contributed by atoms with Crippen molar-refractivity contribution >= 4 is 27.3 Å². The van der Waals surface area contributed by atoms with Crippen LogP contribution in [-0.4, -0.2) is 37.3 Å². The molecule has 1 rings (SSSR count). The van der Waals surface area contributed by atoms with Crippen LogP contribution in [0.5, 0.6) is 0 Å². The Morgan fingerprint density at radius 2 is 2.11 bits per heavy atom. The van der Waals surface area contributed by atoms with E-state index in [1.165, 1.54) is 19.2 Å². The third-order valence-corrected chi connectivity index (χ3v) is 5.23. The molecule has 0 spiro atoms. The molecule has 0 aromatic heterocycles. The van der Waals surface area contributed by atoms with E-state index in [9.17, 15) is 18.5 Å². The number of sulfonamides is 1. The number of rotatable bonds is 5. The van der Waals surface area contributed by atoms with Crippen molar-refractivity contribution in [2.45, 2.75) is 17.9 Å². The third-order valence-electron chi connectivity index (χ3n) is 2.74. The van der Waals surface area contributed by atoms with Gasteiger partial charge in [0.25, 0.3) is 15.7 Å². The van der Waals surface area contributed by atoms with Gasteiger partial charge >= 0.3 is 0 Å². The van der Waals surface area contributed by atoms with E-state index in [-0.39, 0.29) is 11.6 Å². The minimum absolute atomic E-state index is 0.0913. The van der Waals surface area contributed by atoms with Gasteiger partial charge in [0, 0.05) is 25.7 Å². The number of likely N-dealkylation sites (N-methyl/N-ethyl adjacent to an activating group) is 1. The molecular formula is C10H14ClN3O4S. The first kappa shape index (κ1) is 15.8. The van der Waals surface area contributed by atoms with Crippen LogP contribution in [-0.2, 0) is 10.0 Å². The van der Waals surface area contributed by atoms with Gasteiger partial charge in [0.05, 0.1) is 9.95 Å². The molecule has 1 unspecified atom stereocenters. The number of nitrogens with two attached hydrogens (primary N) is 1. The van der Waals surface area contributed by atoms with E-state index < -0.39 is 31.6 Å². The minimum Gasteiger partial charge on any atom is -0.329 e. The molecule has 0 aliphatic rings. The van der Waals surface area contributed by atoms with Gasteiger partial charge in [-0.1, -0.05) is 17.7 Å². The number of halogens is 1. The van der Waals surface area contributed by atoms with Gasteiger partial charge in [0.1, 0.15) is 0 Å². The molecule has 0 amide bonds. The second-order valence-corrected chi connectivity index (χ2v) is 6.29. The number of hydrogen-bond donors (Lipinski definition) is 1. The number of nitro groups is 1. The normalized spacial score (nSPS) is 13.5. The van der Waals surface area contributed by atoms with Crippen molar-refractivity contribution in [3.63, 3.8) is 0 Å². The van der Waals surface area contributed by atoms with Crippen LogP contribution in [0.3, 0.4) is 0 Å². The molecule has 7 nitrogen and oxygen atoms in total. The molecule has 19 heavy (non-hydrogen) atoms.